The molecule has 0 fully saturated rings. The fourth-order valence-corrected chi connectivity index (χ4v) is 2.97. The van der Waals surface area contributed by atoms with Gasteiger partial charge in [0.2, 0.25) is 0 Å². The lowest BCUT2D eigenvalue weighted by Crippen LogP contribution is -2.08. The van der Waals surface area contributed by atoms with Crippen LogP contribution >= 0.6 is 23.7 Å². The van der Waals surface area contributed by atoms with Crippen LogP contribution in [0.1, 0.15) is 20.2 Å². The molecule has 0 aliphatic rings. The highest BCUT2D eigenvalue weighted by Crippen LogP contribution is 2.18. The molecule has 1 amide bonds. The summed E-state index contributed by atoms with van der Waals surface area (Å²) in [5, 5.41) is 0.765. The molecule has 0 radical (unpaired) electrons. The van der Waals surface area contributed by atoms with Gasteiger partial charge in [-0.2, -0.15) is 0 Å². The first-order valence-corrected chi connectivity index (χ1v) is 8.10. The van der Waals surface area contributed by atoms with Gasteiger partial charge in [-0.1, -0.05) is 12.1 Å². The third-order valence-electron chi connectivity index (χ3n) is 2.50. The van der Waals surface area contributed by atoms with Crippen molar-refractivity contribution in [3.8, 4) is 0 Å². The van der Waals surface area contributed by atoms with Crippen LogP contribution in [0.3, 0.4) is 0 Å². The minimum Gasteiger partial charge on any atom is -0.365 e. The third-order valence-corrected chi connectivity index (χ3v) is 4.64. The Hall–Kier alpha value is -1.44. The summed E-state index contributed by atoms with van der Waals surface area (Å²) >= 11 is 1.24. The molecule has 108 valence electrons. The van der Waals surface area contributed by atoms with Crippen molar-refractivity contribution < 1.29 is 13.2 Å². The van der Waals surface area contributed by atoms with Crippen molar-refractivity contribution in [3.05, 3.63) is 45.9 Å². The second kappa shape index (κ2) is 6.34. The lowest BCUT2D eigenvalue weighted by atomic mass is 10.2. The van der Waals surface area contributed by atoms with Crippen LogP contribution in [-0.2, 0) is 16.3 Å². The molecule has 0 bridgehead atoms. The summed E-state index contributed by atoms with van der Waals surface area (Å²) in [6.07, 6.45) is 3.16. The van der Waals surface area contributed by atoms with Gasteiger partial charge < -0.3 is 5.73 Å². The molecule has 0 unspecified atom stereocenters. The van der Waals surface area contributed by atoms with E-state index in [2.05, 4.69) is 4.98 Å². The average molecular weight is 333 g/mol. The Kier molecular flexibility index (Phi) is 5.27. The molecular weight excluding hydrogens is 320 g/mol. The molecule has 2 aromatic rings. The normalized spacial score (nSPS) is 10.8. The molecule has 8 heteroatoms. The minimum absolute atomic E-state index is 0. The third kappa shape index (κ3) is 4.03. The Morgan fingerprint density at radius 3 is 2.35 bits per heavy atom. The van der Waals surface area contributed by atoms with E-state index in [1.807, 2.05) is 0 Å². The fraction of sp³-hybridized carbons (Fsp3) is 0.167. The van der Waals surface area contributed by atoms with E-state index in [1.54, 1.807) is 24.3 Å². The van der Waals surface area contributed by atoms with E-state index in [-0.39, 0.29) is 17.3 Å². The quantitative estimate of drug-likeness (QED) is 0.921. The van der Waals surface area contributed by atoms with Gasteiger partial charge in [-0.15, -0.1) is 23.7 Å². The molecule has 1 aromatic heterocycles. The first kappa shape index (κ1) is 16.6. The number of nitrogens with two attached hydrogens (primary N) is 1. The number of primary amides is 1. The second-order valence-electron chi connectivity index (χ2n) is 4.08. The number of hydrogen-bond acceptors (Lipinski definition) is 5. The largest absolute Gasteiger partial charge is 0.365 e. The number of halogens is 1. The van der Waals surface area contributed by atoms with Crippen LogP contribution < -0.4 is 5.73 Å². The van der Waals surface area contributed by atoms with Crippen molar-refractivity contribution in [3.63, 3.8) is 0 Å². The molecule has 1 aromatic carbocycles. The SMILES string of the molecule is CS(=O)(=O)c1ccc(Cc2ncc(C(N)=O)s2)cc1.Cl. The van der Waals surface area contributed by atoms with Gasteiger partial charge in [0.25, 0.3) is 5.91 Å². The Morgan fingerprint density at radius 1 is 1.30 bits per heavy atom. The van der Waals surface area contributed by atoms with E-state index in [9.17, 15) is 13.2 Å². The highest BCUT2D eigenvalue weighted by molar-refractivity contribution is 7.90. The summed E-state index contributed by atoms with van der Waals surface area (Å²) < 4.78 is 22.6. The molecule has 0 atom stereocenters. The molecule has 0 saturated heterocycles. The predicted octanol–water partition coefficient (Wildman–Crippen LogP) is 1.66. The number of benzene rings is 1. The van der Waals surface area contributed by atoms with Gasteiger partial charge in [0.05, 0.1) is 16.1 Å². The number of hydrogen-bond donors (Lipinski definition) is 1. The zero-order valence-corrected chi connectivity index (χ0v) is 13.0. The van der Waals surface area contributed by atoms with E-state index in [0.29, 0.717) is 11.3 Å². The molecule has 2 rings (SSSR count). The molecule has 0 aliphatic carbocycles. The Labute approximate surface area is 127 Å². The van der Waals surface area contributed by atoms with E-state index in [1.165, 1.54) is 23.8 Å². The molecular formula is C12H13ClN2O3S2. The van der Waals surface area contributed by atoms with Crippen molar-refractivity contribution in [2.45, 2.75) is 11.3 Å². The number of nitrogens with zero attached hydrogens (tertiary/aromatic N) is 1. The van der Waals surface area contributed by atoms with Crippen molar-refractivity contribution in [1.82, 2.24) is 4.98 Å². The number of carbonyl (C=O) groups is 1. The maximum atomic E-state index is 11.3. The van der Waals surface area contributed by atoms with E-state index in [0.717, 1.165) is 10.6 Å². The molecule has 1 heterocycles. The second-order valence-corrected chi connectivity index (χ2v) is 7.21. The van der Waals surface area contributed by atoms with Gasteiger partial charge >= 0.3 is 0 Å². The number of carbonyl (C=O) groups excluding carboxylic acids is 1. The van der Waals surface area contributed by atoms with Crippen molar-refractivity contribution in [2.24, 2.45) is 5.73 Å². The van der Waals surface area contributed by atoms with Gasteiger partial charge in [0.1, 0.15) is 4.88 Å². The Morgan fingerprint density at radius 2 is 1.90 bits per heavy atom. The van der Waals surface area contributed by atoms with Crippen LogP contribution in [0.25, 0.3) is 0 Å². The molecule has 2 N–H and O–H groups in total. The summed E-state index contributed by atoms with van der Waals surface area (Å²) in [6.45, 7) is 0. The molecule has 0 spiro atoms. The van der Waals surface area contributed by atoms with Crippen LogP contribution in [0.15, 0.2) is 35.4 Å². The van der Waals surface area contributed by atoms with Gasteiger partial charge in [-0.25, -0.2) is 13.4 Å². The van der Waals surface area contributed by atoms with Crippen LogP contribution in [0, 0.1) is 0 Å². The number of rotatable bonds is 4. The molecule has 5 nitrogen and oxygen atoms in total. The summed E-state index contributed by atoms with van der Waals surface area (Å²) in [5.74, 6) is -0.490. The lowest BCUT2D eigenvalue weighted by Gasteiger charge is -2.01. The first-order valence-electron chi connectivity index (χ1n) is 5.40. The zero-order valence-electron chi connectivity index (χ0n) is 10.6. The number of amides is 1. The monoisotopic (exact) mass is 332 g/mol. The van der Waals surface area contributed by atoms with Crippen LogP contribution in [0.4, 0.5) is 0 Å². The minimum atomic E-state index is -3.17. The van der Waals surface area contributed by atoms with Crippen LogP contribution in [0.2, 0.25) is 0 Å². The number of sulfone groups is 1. The fourth-order valence-electron chi connectivity index (χ4n) is 1.54. The highest BCUT2D eigenvalue weighted by atomic mass is 35.5. The van der Waals surface area contributed by atoms with Crippen molar-refractivity contribution in [2.75, 3.05) is 6.26 Å². The standard InChI is InChI=1S/C12H12N2O3S2.ClH/c1-19(16,17)9-4-2-8(3-5-9)6-11-14-7-10(18-11)12(13)15;/h2-5,7H,6H2,1H3,(H2,13,15);1H. The predicted molar refractivity (Wildman–Crippen MR) is 80.2 cm³/mol. The molecule has 0 saturated carbocycles. The summed E-state index contributed by atoms with van der Waals surface area (Å²) in [5.41, 5.74) is 6.08. The Balaban J connectivity index is 0.00000200. The van der Waals surface area contributed by atoms with Gasteiger partial charge in [-0.05, 0) is 17.7 Å². The Bertz CT molecular complexity index is 709. The topological polar surface area (TPSA) is 90.1 Å². The van der Waals surface area contributed by atoms with Crippen molar-refractivity contribution in [1.29, 1.82) is 0 Å². The lowest BCUT2D eigenvalue weighted by molar-refractivity contribution is 0.100. The van der Waals surface area contributed by atoms with Gasteiger partial charge in [0.15, 0.2) is 9.84 Å². The van der Waals surface area contributed by atoms with E-state index < -0.39 is 15.7 Å². The summed E-state index contributed by atoms with van der Waals surface area (Å²) in [7, 11) is -3.17. The number of thiazole rings is 1. The van der Waals surface area contributed by atoms with Gasteiger partial charge in [0, 0.05) is 12.7 Å². The van der Waals surface area contributed by atoms with E-state index >= 15 is 0 Å². The highest BCUT2D eigenvalue weighted by Gasteiger charge is 2.09. The number of aromatic nitrogens is 1. The molecule has 0 aliphatic heterocycles. The zero-order chi connectivity index (χ0) is 14.0. The first-order chi connectivity index (χ1) is 8.86. The summed E-state index contributed by atoms with van der Waals surface area (Å²) in [6, 6.07) is 6.60. The maximum Gasteiger partial charge on any atom is 0.260 e. The van der Waals surface area contributed by atoms with Crippen molar-refractivity contribution >= 4 is 39.5 Å². The maximum absolute atomic E-state index is 11.3. The van der Waals surface area contributed by atoms with E-state index in [4.69, 9.17) is 5.73 Å². The van der Waals surface area contributed by atoms with Crippen LogP contribution in [0.5, 0.6) is 0 Å². The van der Waals surface area contributed by atoms with Crippen LogP contribution in [-0.4, -0.2) is 25.6 Å². The molecule has 20 heavy (non-hydrogen) atoms. The smallest absolute Gasteiger partial charge is 0.260 e. The summed E-state index contributed by atoms with van der Waals surface area (Å²) in [4.78, 5) is 15.8. The van der Waals surface area contributed by atoms with Gasteiger partial charge in [-0.3, -0.25) is 4.79 Å². The average Bonchev–Trinajstić information content (AvgIpc) is 2.77.